The van der Waals surface area contributed by atoms with Crippen LogP contribution in [0.1, 0.15) is 18.2 Å². The Balaban J connectivity index is 1.55. The number of hydrogen-bond donors (Lipinski definition) is 1. The van der Waals surface area contributed by atoms with Gasteiger partial charge in [0, 0.05) is 5.56 Å². The van der Waals surface area contributed by atoms with Crippen molar-refractivity contribution in [3.8, 4) is 22.5 Å². The van der Waals surface area contributed by atoms with Gasteiger partial charge < -0.3 is 9.26 Å². The number of nitrogens with one attached hydrogen (secondary N) is 1. The van der Waals surface area contributed by atoms with Gasteiger partial charge in [0.1, 0.15) is 11.4 Å². The van der Waals surface area contributed by atoms with E-state index in [1.165, 1.54) is 12.1 Å². The number of anilines is 1. The van der Waals surface area contributed by atoms with Gasteiger partial charge in [-0.2, -0.15) is 0 Å². The molecule has 0 atom stereocenters. The standard InChI is InChI=1S/C26H24N2O5S/c1-3-32-24(29)17-19-9-11-20(12-10-19)21-13-15-22(16-14-21)26-25(18(2)27-33-26)28-34(30,31)23-7-5-4-6-8-23/h4-16,28H,3,17H2,1-2H3. The number of rotatable bonds is 8. The van der Waals surface area contributed by atoms with Crippen LogP contribution in [-0.2, 0) is 26.0 Å². The molecule has 8 heteroatoms. The molecule has 1 aromatic heterocycles. The summed E-state index contributed by atoms with van der Waals surface area (Å²) in [7, 11) is -3.79. The van der Waals surface area contributed by atoms with Crippen molar-refractivity contribution in [3.63, 3.8) is 0 Å². The van der Waals surface area contributed by atoms with Crippen LogP contribution in [0, 0.1) is 6.92 Å². The molecule has 7 nitrogen and oxygen atoms in total. The molecule has 0 saturated carbocycles. The first-order valence-corrected chi connectivity index (χ1v) is 12.2. The number of hydrogen-bond acceptors (Lipinski definition) is 6. The topological polar surface area (TPSA) is 98.5 Å². The molecule has 4 aromatic rings. The summed E-state index contributed by atoms with van der Waals surface area (Å²) in [6, 6.07) is 23.4. The Morgan fingerprint density at radius 1 is 0.912 bits per heavy atom. The number of carbonyl (C=O) groups is 1. The molecule has 4 rings (SSSR count). The summed E-state index contributed by atoms with van der Waals surface area (Å²) in [5.74, 6) is 0.0917. The summed E-state index contributed by atoms with van der Waals surface area (Å²) >= 11 is 0. The Bertz CT molecular complexity index is 1380. The van der Waals surface area contributed by atoms with E-state index in [9.17, 15) is 13.2 Å². The van der Waals surface area contributed by atoms with Crippen LogP contribution in [0.15, 0.2) is 88.3 Å². The zero-order chi connectivity index (χ0) is 24.1. The Hall–Kier alpha value is -3.91. The smallest absolute Gasteiger partial charge is 0.310 e. The monoisotopic (exact) mass is 476 g/mol. The van der Waals surface area contributed by atoms with Crippen LogP contribution < -0.4 is 4.72 Å². The highest BCUT2D eigenvalue weighted by Crippen LogP contribution is 2.34. The van der Waals surface area contributed by atoms with Gasteiger partial charge in [-0.25, -0.2) is 8.42 Å². The van der Waals surface area contributed by atoms with Gasteiger partial charge in [-0.15, -0.1) is 0 Å². The number of benzene rings is 3. The highest BCUT2D eigenvalue weighted by atomic mass is 32.2. The molecule has 0 aliphatic heterocycles. The summed E-state index contributed by atoms with van der Waals surface area (Å²) in [5, 5.41) is 3.96. The maximum Gasteiger partial charge on any atom is 0.310 e. The number of sulfonamides is 1. The molecule has 34 heavy (non-hydrogen) atoms. The first-order valence-electron chi connectivity index (χ1n) is 10.8. The second-order valence-electron chi connectivity index (χ2n) is 7.65. The van der Waals surface area contributed by atoms with E-state index in [0.717, 1.165) is 16.7 Å². The van der Waals surface area contributed by atoms with Crippen molar-refractivity contribution in [2.45, 2.75) is 25.2 Å². The third-order valence-corrected chi connectivity index (χ3v) is 6.61. The van der Waals surface area contributed by atoms with Gasteiger partial charge in [0.2, 0.25) is 0 Å². The molecule has 3 aromatic carbocycles. The third-order valence-electron chi connectivity index (χ3n) is 5.24. The van der Waals surface area contributed by atoms with Crippen molar-refractivity contribution in [3.05, 3.63) is 90.1 Å². The zero-order valence-corrected chi connectivity index (χ0v) is 19.6. The number of aryl methyl sites for hydroxylation is 1. The van der Waals surface area contributed by atoms with E-state index in [1.807, 2.05) is 48.5 Å². The number of carbonyl (C=O) groups excluding carboxylic acids is 1. The lowest BCUT2D eigenvalue weighted by molar-refractivity contribution is -0.142. The summed E-state index contributed by atoms with van der Waals surface area (Å²) in [5.41, 5.74) is 4.27. The van der Waals surface area contributed by atoms with E-state index in [1.54, 1.807) is 32.0 Å². The van der Waals surface area contributed by atoms with Gasteiger partial charge in [0.15, 0.2) is 5.76 Å². The minimum absolute atomic E-state index is 0.156. The quantitative estimate of drug-likeness (QED) is 0.350. The second-order valence-corrected chi connectivity index (χ2v) is 9.33. The van der Waals surface area contributed by atoms with E-state index in [0.29, 0.717) is 29.3 Å². The molecule has 0 bridgehead atoms. The number of ether oxygens (including phenoxy) is 1. The predicted molar refractivity (Wildman–Crippen MR) is 130 cm³/mol. The van der Waals surface area contributed by atoms with Gasteiger partial charge in [-0.3, -0.25) is 9.52 Å². The van der Waals surface area contributed by atoms with Gasteiger partial charge in [0.05, 0.1) is 17.9 Å². The van der Waals surface area contributed by atoms with E-state index in [-0.39, 0.29) is 17.3 Å². The molecule has 0 aliphatic carbocycles. The van der Waals surface area contributed by atoms with E-state index in [4.69, 9.17) is 9.26 Å². The molecule has 0 saturated heterocycles. The minimum atomic E-state index is -3.79. The van der Waals surface area contributed by atoms with Crippen molar-refractivity contribution < 1.29 is 22.5 Å². The molecule has 0 radical (unpaired) electrons. The van der Waals surface area contributed by atoms with Crippen molar-refractivity contribution in [2.24, 2.45) is 0 Å². The van der Waals surface area contributed by atoms with Gasteiger partial charge in [0.25, 0.3) is 10.0 Å². The largest absolute Gasteiger partial charge is 0.466 e. The molecule has 0 spiro atoms. The lowest BCUT2D eigenvalue weighted by Crippen LogP contribution is -2.13. The summed E-state index contributed by atoms with van der Waals surface area (Å²) in [6.07, 6.45) is 0.236. The molecular weight excluding hydrogens is 452 g/mol. The second kappa shape index (κ2) is 9.93. The molecule has 0 amide bonds. The highest BCUT2D eigenvalue weighted by Gasteiger charge is 2.22. The van der Waals surface area contributed by atoms with Crippen molar-refractivity contribution >= 4 is 21.7 Å². The molecule has 0 fully saturated rings. The zero-order valence-electron chi connectivity index (χ0n) is 18.8. The molecule has 0 aliphatic rings. The van der Waals surface area contributed by atoms with Crippen LogP contribution in [0.2, 0.25) is 0 Å². The summed E-state index contributed by atoms with van der Waals surface area (Å²) in [4.78, 5) is 11.8. The van der Waals surface area contributed by atoms with Crippen LogP contribution >= 0.6 is 0 Å². The Morgan fingerprint density at radius 2 is 1.50 bits per heavy atom. The van der Waals surface area contributed by atoms with Crippen LogP contribution in [0.4, 0.5) is 5.69 Å². The van der Waals surface area contributed by atoms with Crippen molar-refractivity contribution in [2.75, 3.05) is 11.3 Å². The fourth-order valence-electron chi connectivity index (χ4n) is 3.49. The van der Waals surface area contributed by atoms with E-state index < -0.39 is 10.0 Å². The first-order chi connectivity index (χ1) is 16.4. The normalized spacial score (nSPS) is 11.2. The van der Waals surface area contributed by atoms with Crippen LogP contribution in [0.3, 0.4) is 0 Å². The molecule has 1 heterocycles. The molecule has 174 valence electrons. The SMILES string of the molecule is CCOC(=O)Cc1ccc(-c2ccc(-c3onc(C)c3NS(=O)(=O)c3ccccc3)cc2)cc1. The molecular formula is C26H24N2O5S. The molecule has 0 unspecified atom stereocenters. The van der Waals surface area contributed by atoms with Gasteiger partial charge >= 0.3 is 5.97 Å². The maximum atomic E-state index is 12.8. The van der Waals surface area contributed by atoms with Gasteiger partial charge in [-0.1, -0.05) is 71.9 Å². The Morgan fingerprint density at radius 3 is 2.12 bits per heavy atom. The van der Waals surface area contributed by atoms with Gasteiger partial charge in [-0.05, 0) is 42.7 Å². The minimum Gasteiger partial charge on any atom is -0.466 e. The molecule has 1 N–H and O–H groups in total. The summed E-state index contributed by atoms with van der Waals surface area (Å²) < 4.78 is 38.6. The maximum absolute atomic E-state index is 12.8. The first kappa shape index (κ1) is 23.3. The predicted octanol–water partition coefficient (Wildman–Crippen LogP) is 5.22. The lowest BCUT2D eigenvalue weighted by atomic mass is 10.0. The Labute approximate surface area is 198 Å². The number of nitrogens with zero attached hydrogens (tertiary/aromatic N) is 1. The van der Waals surface area contributed by atoms with E-state index >= 15 is 0 Å². The average Bonchev–Trinajstić information content (AvgIpc) is 3.20. The number of esters is 1. The lowest BCUT2D eigenvalue weighted by Gasteiger charge is -2.09. The van der Waals surface area contributed by atoms with Crippen LogP contribution in [0.25, 0.3) is 22.5 Å². The fourth-order valence-corrected chi connectivity index (χ4v) is 4.63. The summed E-state index contributed by atoms with van der Waals surface area (Å²) in [6.45, 7) is 3.83. The van der Waals surface area contributed by atoms with Crippen molar-refractivity contribution in [1.29, 1.82) is 0 Å². The highest BCUT2D eigenvalue weighted by molar-refractivity contribution is 7.92. The Kier molecular flexibility index (Phi) is 6.79. The number of aromatic nitrogens is 1. The average molecular weight is 477 g/mol. The fraction of sp³-hybridized carbons (Fsp3) is 0.154. The van der Waals surface area contributed by atoms with Crippen LogP contribution in [-0.4, -0.2) is 26.2 Å². The van der Waals surface area contributed by atoms with Crippen molar-refractivity contribution in [1.82, 2.24) is 5.16 Å². The van der Waals surface area contributed by atoms with E-state index in [2.05, 4.69) is 9.88 Å². The van der Waals surface area contributed by atoms with Crippen LogP contribution in [0.5, 0.6) is 0 Å². The third kappa shape index (κ3) is 5.18.